The zero-order valence-electron chi connectivity index (χ0n) is 12.9. The Hall–Kier alpha value is -1.65. The molecule has 0 bridgehead atoms. The third-order valence-corrected chi connectivity index (χ3v) is 4.43. The highest BCUT2D eigenvalue weighted by atomic mass is 15.2. The predicted molar refractivity (Wildman–Crippen MR) is 88.6 cm³/mol. The molecular formula is C17H24N4. The molecule has 0 saturated carbocycles. The summed E-state index contributed by atoms with van der Waals surface area (Å²) in [6.07, 6.45) is 2.47. The molecule has 4 heteroatoms. The monoisotopic (exact) mass is 284 g/mol. The highest BCUT2D eigenvalue weighted by Gasteiger charge is 2.24. The number of benzene rings is 1. The van der Waals surface area contributed by atoms with Gasteiger partial charge in [0.05, 0.1) is 5.52 Å². The summed E-state index contributed by atoms with van der Waals surface area (Å²) in [4.78, 5) is 9.61. The van der Waals surface area contributed by atoms with Gasteiger partial charge in [0.15, 0.2) is 0 Å². The van der Waals surface area contributed by atoms with Gasteiger partial charge in [0.25, 0.3) is 0 Å². The molecule has 1 aromatic carbocycles. The van der Waals surface area contributed by atoms with E-state index in [0.29, 0.717) is 12.6 Å². The van der Waals surface area contributed by atoms with Crippen LogP contribution in [0.15, 0.2) is 30.3 Å². The van der Waals surface area contributed by atoms with Crippen molar-refractivity contribution in [2.75, 3.05) is 32.1 Å². The first-order chi connectivity index (χ1) is 10.2. The van der Waals surface area contributed by atoms with Gasteiger partial charge in [-0.3, -0.25) is 0 Å². The van der Waals surface area contributed by atoms with Gasteiger partial charge in [-0.15, -0.1) is 0 Å². The van der Waals surface area contributed by atoms with Crippen molar-refractivity contribution in [1.82, 2.24) is 9.88 Å². The second-order valence-electron chi connectivity index (χ2n) is 6.07. The van der Waals surface area contributed by atoms with Crippen molar-refractivity contribution in [3.05, 3.63) is 35.9 Å². The maximum absolute atomic E-state index is 5.97. The molecule has 1 aromatic heterocycles. The van der Waals surface area contributed by atoms with Crippen molar-refractivity contribution < 1.29 is 0 Å². The van der Waals surface area contributed by atoms with Crippen LogP contribution in [0.25, 0.3) is 10.9 Å². The standard InChI is InChI=1S/C17H24N4/c1-20(2)15-7-5-9-21(12-15)17-14(11-18)10-13-6-3-4-8-16(13)19-17/h3-4,6,8,10,15H,5,7,9,11-12,18H2,1-2H3. The van der Waals surface area contributed by atoms with Crippen LogP contribution in [-0.4, -0.2) is 43.1 Å². The number of likely N-dealkylation sites (N-methyl/N-ethyl adjacent to an activating group) is 1. The van der Waals surface area contributed by atoms with Crippen molar-refractivity contribution in [3.8, 4) is 0 Å². The minimum atomic E-state index is 0.538. The Labute approximate surface area is 126 Å². The van der Waals surface area contributed by atoms with Crippen molar-refractivity contribution >= 4 is 16.7 Å². The number of nitrogens with zero attached hydrogens (tertiary/aromatic N) is 3. The smallest absolute Gasteiger partial charge is 0.133 e. The number of fused-ring (bicyclic) bond motifs is 1. The lowest BCUT2D eigenvalue weighted by molar-refractivity contribution is 0.257. The van der Waals surface area contributed by atoms with Crippen molar-refractivity contribution in [1.29, 1.82) is 0 Å². The second kappa shape index (κ2) is 6.00. The van der Waals surface area contributed by atoms with E-state index in [-0.39, 0.29) is 0 Å². The van der Waals surface area contributed by atoms with Crippen LogP contribution in [0.2, 0.25) is 0 Å². The number of anilines is 1. The van der Waals surface area contributed by atoms with Crippen LogP contribution in [0.1, 0.15) is 18.4 Å². The molecular weight excluding hydrogens is 260 g/mol. The summed E-state index contributed by atoms with van der Waals surface area (Å²) < 4.78 is 0. The average Bonchev–Trinajstić information content (AvgIpc) is 2.53. The van der Waals surface area contributed by atoms with Crippen LogP contribution in [0, 0.1) is 0 Å². The Kier molecular flexibility index (Phi) is 4.08. The van der Waals surface area contributed by atoms with E-state index >= 15 is 0 Å². The summed E-state index contributed by atoms with van der Waals surface area (Å²) in [5, 5.41) is 1.17. The molecule has 0 aliphatic carbocycles. The van der Waals surface area contributed by atoms with Gasteiger partial charge in [-0.1, -0.05) is 18.2 Å². The fourth-order valence-electron chi connectivity index (χ4n) is 3.14. The Morgan fingerprint density at radius 2 is 2.14 bits per heavy atom. The first kappa shape index (κ1) is 14.3. The fraction of sp³-hybridized carbons (Fsp3) is 0.471. The molecule has 4 nitrogen and oxygen atoms in total. The second-order valence-corrected chi connectivity index (χ2v) is 6.07. The molecule has 1 saturated heterocycles. The molecule has 2 heterocycles. The Morgan fingerprint density at radius 1 is 1.33 bits per heavy atom. The zero-order chi connectivity index (χ0) is 14.8. The van der Waals surface area contributed by atoms with E-state index in [4.69, 9.17) is 10.7 Å². The van der Waals surface area contributed by atoms with Crippen LogP contribution >= 0.6 is 0 Å². The summed E-state index contributed by atoms with van der Waals surface area (Å²) in [5.41, 5.74) is 8.16. The van der Waals surface area contributed by atoms with E-state index in [1.54, 1.807) is 0 Å². The first-order valence-electron chi connectivity index (χ1n) is 7.69. The number of para-hydroxylation sites is 1. The number of nitrogens with two attached hydrogens (primary N) is 1. The van der Waals surface area contributed by atoms with E-state index in [9.17, 15) is 0 Å². The summed E-state index contributed by atoms with van der Waals surface area (Å²) >= 11 is 0. The Bertz CT molecular complexity index is 623. The SMILES string of the molecule is CN(C)C1CCCN(c2nc3ccccc3cc2CN)C1. The van der Waals surface area contributed by atoms with Gasteiger partial charge in [0.2, 0.25) is 0 Å². The van der Waals surface area contributed by atoms with Crippen LogP contribution < -0.4 is 10.6 Å². The summed E-state index contributed by atoms with van der Waals surface area (Å²) in [5.74, 6) is 1.07. The summed E-state index contributed by atoms with van der Waals surface area (Å²) in [7, 11) is 4.32. The van der Waals surface area contributed by atoms with E-state index in [0.717, 1.165) is 30.0 Å². The molecule has 112 valence electrons. The quantitative estimate of drug-likeness (QED) is 0.939. The molecule has 1 unspecified atom stereocenters. The van der Waals surface area contributed by atoms with Crippen molar-refractivity contribution in [2.24, 2.45) is 5.73 Å². The third kappa shape index (κ3) is 2.87. The van der Waals surface area contributed by atoms with Crippen molar-refractivity contribution in [2.45, 2.75) is 25.4 Å². The molecule has 21 heavy (non-hydrogen) atoms. The van der Waals surface area contributed by atoms with E-state index in [2.05, 4.69) is 42.1 Å². The number of piperidine rings is 1. The van der Waals surface area contributed by atoms with Gasteiger partial charge in [-0.05, 0) is 39.1 Å². The fourth-order valence-corrected chi connectivity index (χ4v) is 3.14. The molecule has 1 aliphatic rings. The third-order valence-electron chi connectivity index (χ3n) is 4.43. The van der Waals surface area contributed by atoms with Gasteiger partial charge >= 0.3 is 0 Å². The van der Waals surface area contributed by atoms with Gasteiger partial charge in [-0.2, -0.15) is 0 Å². The normalized spacial score (nSPS) is 19.4. The van der Waals surface area contributed by atoms with E-state index < -0.39 is 0 Å². The van der Waals surface area contributed by atoms with Crippen LogP contribution in [0.4, 0.5) is 5.82 Å². The number of hydrogen-bond donors (Lipinski definition) is 1. The lowest BCUT2D eigenvalue weighted by Crippen LogP contribution is -2.45. The number of rotatable bonds is 3. The largest absolute Gasteiger partial charge is 0.355 e. The number of hydrogen-bond acceptors (Lipinski definition) is 4. The molecule has 1 atom stereocenters. The summed E-state index contributed by atoms with van der Waals surface area (Å²) in [6, 6.07) is 11.1. The Morgan fingerprint density at radius 3 is 2.90 bits per heavy atom. The molecule has 1 aliphatic heterocycles. The highest BCUT2D eigenvalue weighted by molar-refractivity contribution is 5.81. The van der Waals surface area contributed by atoms with Gasteiger partial charge in [0.1, 0.15) is 5.82 Å². The van der Waals surface area contributed by atoms with Gasteiger partial charge in [0, 0.05) is 36.6 Å². The topological polar surface area (TPSA) is 45.4 Å². The van der Waals surface area contributed by atoms with Crippen LogP contribution in [-0.2, 0) is 6.54 Å². The van der Waals surface area contributed by atoms with E-state index in [1.807, 2.05) is 12.1 Å². The lowest BCUT2D eigenvalue weighted by Gasteiger charge is -2.37. The van der Waals surface area contributed by atoms with Gasteiger partial charge in [-0.25, -0.2) is 4.98 Å². The van der Waals surface area contributed by atoms with Gasteiger partial charge < -0.3 is 15.5 Å². The first-order valence-corrected chi connectivity index (χ1v) is 7.69. The molecule has 0 spiro atoms. The van der Waals surface area contributed by atoms with Crippen molar-refractivity contribution in [3.63, 3.8) is 0 Å². The predicted octanol–water partition coefficient (Wildman–Crippen LogP) is 2.22. The molecule has 0 amide bonds. The molecule has 3 rings (SSSR count). The molecule has 0 radical (unpaired) electrons. The molecule has 2 N–H and O–H groups in total. The summed E-state index contributed by atoms with van der Waals surface area (Å²) in [6.45, 7) is 2.64. The van der Waals surface area contributed by atoms with Crippen LogP contribution in [0.3, 0.4) is 0 Å². The minimum absolute atomic E-state index is 0.538. The number of pyridine rings is 1. The van der Waals surface area contributed by atoms with Crippen LogP contribution in [0.5, 0.6) is 0 Å². The molecule has 2 aromatic rings. The van der Waals surface area contributed by atoms with E-state index in [1.165, 1.54) is 18.2 Å². The highest BCUT2D eigenvalue weighted by Crippen LogP contribution is 2.26. The maximum Gasteiger partial charge on any atom is 0.133 e. The average molecular weight is 284 g/mol. The molecule has 1 fully saturated rings. The minimum Gasteiger partial charge on any atom is -0.355 e. The lowest BCUT2D eigenvalue weighted by atomic mass is 10.0. The Balaban J connectivity index is 1.98. The zero-order valence-corrected chi connectivity index (χ0v) is 12.9. The maximum atomic E-state index is 5.97. The number of aromatic nitrogens is 1.